The summed E-state index contributed by atoms with van der Waals surface area (Å²) in [6.45, 7) is 4.19. The summed E-state index contributed by atoms with van der Waals surface area (Å²) in [5, 5.41) is 21.4. The Morgan fingerprint density at radius 3 is 2.60 bits per heavy atom. The number of carbonyl (C=O) groups is 1. The van der Waals surface area contributed by atoms with E-state index >= 15 is 0 Å². The number of halogens is 2. The van der Waals surface area contributed by atoms with E-state index in [2.05, 4.69) is 43.8 Å². The van der Waals surface area contributed by atoms with Gasteiger partial charge >= 0.3 is 0 Å². The smallest absolute Gasteiger partial charge is 0.220 e. The molecule has 9 nitrogen and oxygen atoms in total. The van der Waals surface area contributed by atoms with Gasteiger partial charge in [0.15, 0.2) is 0 Å². The van der Waals surface area contributed by atoms with Crippen molar-refractivity contribution < 1.29 is 14.6 Å². The van der Waals surface area contributed by atoms with Gasteiger partial charge in [0.2, 0.25) is 11.8 Å². The summed E-state index contributed by atoms with van der Waals surface area (Å²) in [6, 6.07) is 18.0. The number of carbonyl (C=O) groups excluding carboxylic acids is 1. The Labute approximate surface area is 284 Å². The molecule has 0 bridgehead atoms. The maximum Gasteiger partial charge on any atom is 0.220 e. The van der Waals surface area contributed by atoms with E-state index in [0.717, 1.165) is 50.7 Å². The van der Waals surface area contributed by atoms with Crippen LogP contribution in [0.15, 0.2) is 67.0 Å². The second-order valence-electron chi connectivity index (χ2n) is 12.0. The molecule has 0 radical (unpaired) electrons. The minimum atomic E-state index is -0.405. The lowest BCUT2D eigenvalue weighted by Crippen LogP contribution is -2.35. The fourth-order valence-corrected chi connectivity index (χ4v) is 6.75. The lowest BCUT2D eigenvalue weighted by molar-refractivity contribution is -0.119. The van der Waals surface area contributed by atoms with E-state index < -0.39 is 6.10 Å². The van der Waals surface area contributed by atoms with E-state index in [1.807, 2.05) is 49.5 Å². The van der Waals surface area contributed by atoms with Crippen molar-refractivity contribution in [1.29, 1.82) is 0 Å². The van der Waals surface area contributed by atoms with Crippen molar-refractivity contribution in [3.05, 3.63) is 88.2 Å². The van der Waals surface area contributed by atoms with Gasteiger partial charge in [0.05, 0.1) is 34.6 Å². The molecule has 6 rings (SSSR count). The molecule has 1 aliphatic heterocycles. The molecule has 3 aromatic heterocycles. The van der Waals surface area contributed by atoms with Gasteiger partial charge in [-0.1, -0.05) is 59.6 Å². The summed E-state index contributed by atoms with van der Waals surface area (Å²) >= 11 is 14.2. The maximum absolute atomic E-state index is 11.5. The molecule has 0 saturated carbocycles. The van der Waals surface area contributed by atoms with Gasteiger partial charge in [-0.25, -0.2) is 4.98 Å². The molecule has 11 heteroatoms. The third-order valence-electron chi connectivity index (χ3n) is 8.48. The number of methoxy groups -OCH3 is 1. The molecule has 244 valence electrons. The Hall–Kier alpha value is -3.99. The number of fused-ring (bicyclic) bond motifs is 1. The van der Waals surface area contributed by atoms with E-state index in [4.69, 9.17) is 32.9 Å². The molecule has 1 saturated heterocycles. The van der Waals surface area contributed by atoms with Crippen LogP contribution < -0.4 is 20.7 Å². The number of aromatic nitrogens is 3. The average molecular weight is 674 g/mol. The van der Waals surface area contributed by atoms with E-state index in [9.17, 15) is 9.90 Å². The van der Waals surface area contributed by atoms with Crippen molar-refractivity contribution >= 4 is 40.0 Å². The number of rotatable bonds is 12. The van der Waals surface area contributed by atoms with E-state index in [1.165, 1.54) is 0 Å². The Morgan fingerprint density at radius 2 is 1.83 bits per heavy atom. The number of hydrogen-bond acceptors (Lipinski definition) is 7. The van der Waals surface area contributed by atoms with Crippen LogP contribution in [0.25, 0.3) is 44.5 Å². The number of nitrogens with zero attached hydrogens (tertiary/aromatic N) is 3. The minimum Gasteiger partial charge on any atom is -0.481 e. The molecule has 1 fully saturated rings. The molecule has 1 aliphatic rings. The minimum absolute atomic E-state index is 0.102. The van der Waals surface area contributed by atoms with Crippen LogP contribution in [-0.2, 0) is 24.9 Å². The zero-order valence-electron chi connectivity index (χ0n) is 26.6. The summed E-state index contributed by atoms with van der Waals surface area (Å²) in [4.78, 5) is 21.0. The molecular weight excluding hydrogens is 635 g/mol. The largest absolute Gasteiger partial charge is 0.481 e. The monoisotopic (exact) mass is 672 g/mol. The molecule has 0 aliphatic carbocycles. The third kappa shape index (κ3) is 7.15. The predicted octanol–water partition coefficient (Wildman–Crippen LogP) is 6.12. The van der Waals surface area contributed by atoms with Crippen LogP contribution in [0.3, 0.4) is 0 Å². The second-order valence-corrected chi connectivity index (χ2v) is 12.7. The Morgan fingerprint density at radius 1 is 1.04 bits per heavy atom. The number of pyridine rings is 2. The first-order valence-corrected chi connectivity index (χ1v) is 16.4. The lowest BCUT2D eigenvalue weighted by atomic mass is 9.99. The number of aliphatic hydroxyl groups is 1. The first-order valence-electron chi connectivity index (χ1n) is 15.7. The summed E-state index contributed by atoms with van der Waals surface area (Å²) in [5.74, 6) is 0.611. The van der Waals surface area contributed by atoms with Crippen LogP contribution >= 0.6 is 23.2 Å². The van der Waals surface area contributed by atoms with Gasteiger partial charge in [0, 0.05) is 96.8 Å². The Balaban J connectivity index is 1.26. The Kier molecular flexibility index (Phi) is 10.1. The topological polar surface area (TPSA) is 113 Å². The highest BCUT2D eigenvalue weighted by Gasteiger charge is 2.21. The summed E-state index contributed by atoms with van der Waals surface area (Å²) < 4.78 is 7.74. The summed E-state index contributed by atoms with van der Waals surface area (Å²) in [6.07, 6.45) is 4.86. The number of amides is 1. The van der Waals surface area contributed by atoms with Crippen LogP contribution in [0.5, 0.6) is 5.88 Å². The highest BCUT2D eigenvalue weighted by Crippen LogP contribution is 2.42. The van der Waals surface area contributed by atoms with Crippen LogP contribution in [0.1, 0.15) is 30.9 Å². The summed E-state index contributed by atoms with van der Waals surface area (Å²) in [7, 11) is 3.62. The zero-order chi connectivity index (χ0) is 33.1. The number of benzene rings is 2. The number of aryl methyl sites for hydroxylation is 1. The van der Waals surface area contributed by atoms with Crippen LogP contribution in [-0.4, -0.2) is 57.9 Å². The van der Waals surface area contributed by atoms with Gasteiger partial charge < -0.3 is 30.4 Å². The first kappa shape index (κ1) is 32.9. The zero-order valence-corrected chi connectivity index (χ0v) is 28.1. The molecule has 1 amide bonds. The normalized spacial score (nSPS) is 15.3. The van der Waals surface area contributed by atoms with Gasteiger partial charge in [-0.05, 0) is 37.1 Å². The molecule has 4 N–H and O–H groups in total. The quantitative estimate of drug-likeness (QED) is 0.126. The van der Waals surface area contributed by atoms with Crippen LogP contribution in [0.4, 0.5) is 0 Å². The van der Waals surface area contributed by atoms with E-state index in [-0.39, 0.29) is 11.9 Å². The molecule has 47 heavy (non-hydrogen) atoms. The second kappa shape index (κ2) is 14.4. The van der Waals surface area contributed by atoms with Gasteiger partial charge in [-0.15, -0.1) is 0 Å². The van der Waals surface area contributed by atoms with Crippen molar-refractivity contribution in [2.45, 2.75) is 45.0 Å². The van der Waals surface area contributed by atoms with Crippen molar-refractivity contribution in [2.75, 3.05) is 20.2 Å². The SMILES string of the molecule is COc1nc(-c2cccc(-c3ccnc(-c4ccc5c(CNC[C@H](C)O)cn(C)c5c4)c3Cl)c2Cl)ccc1CNC[C@H]1CCC(=O)N1. The third-order valence-corrected chi connectivity index (χ3v) is 9.27. The molecular formula is C36H38Cl2N6O3. The standard InChI is InChI=1S/C36H38Cl2N6O3/c1-21(45)16-39-18-24-20-44(2)31-15-22(7-10-26(24)31)35-34(38)28(13-14-41-35)27-5-4-6-29(33(27)37)30-11-8-23(36(43-30)47-3)17-40-19-25-9-12-32(46)42-25/h4-8,10-11,13-15,20-21,25,39-40,45H,9,12,16-19H2,1-3H3,(H,42,46)/t21-,25+/m0/s1. The fraction of sp³-hybridized carbons (Fsp3) is 0.306. The fourth-order valence-electron chi connectivity index (χ4n) is 6.10. The highest BCUT2D eigenvalue weighted by atomic mass is 35.5. The molecule has 5 aromatic rings. The number of hydrogen-bond donors (Lipinski definition) is 4. The average Bonchev–Trinajstić information content (AvgIpc) is 3.62. The van der Waals surface area contributed by atoms with Gasteiger partial charge in [-0.3, -0.25) is 9.78 Å². The van der Waals surface area contributed by atoms with Crippen molar-refractivity contribution in [3.63, 3.8) is 0 Å². The molecule has 0 unspecified atom stereocenters. The predicted molar refractivity (Wildman–Crippen MR) is 188 cm³/mol. The van der Waals surface area contributed by atoms with Gasteiger partial charge in [0.25, 0.3) is 0 Å². The number of nitrogens with one attached hydrogen (secondary N) is 3. The van der Waals surface area contributed by atoms with Gasteiger partial charge in [-0.2, -0.15) is 0 Å². The lowest BCUT2D eigenvalue weighted by Gasteiger charge is -2.15. The number of ether oxygens (including phenoxy) is 1. The molecule has 4 heterocycles. The number of aliphatic hydroxyl groups excluding tert-OH is 1. The van der Waals surface area contributed by atoms with Gasteiger partial charge in [0.1, 0.15) is 0 Å². The van der Waals surface area contributed by atoms with E-state index in [0.29, 0.717) is 59.9 Å². The van der Waals surface area contributed by atoms with Crippen LogP contribution in [0.2, 0.25) is 10.0 Å². The van der Waals surface area contributed by atoms with Crippen LogP contribution in [0, 0.1) is 0 Å². The molecule has 2 aromatic carbocycles. The maximum atomic E-state index is 11.5. The van der Waals surface area contributed by atoms with Crippen molar-refractivity contribution in [1.82, 2.24) is 30.5 Å². The molecule has 2 atom stereocenters. The van der Waals surface area contributed by atoms with E-state index in [1.54, 1.807) is 20.2 Å². The molecule has 0 spiro atoms. The first-order chi connectivity index (χ1) is 22.7. The van der Waals surface area contributed by atoms with Crippen molar-refractivity contribution in [3.8, 4) is 39.5 Å². The summed E-state index contributed by atoms with van der Waals surface area (Å²) in [5.41, 5.74) is 7.66. The highest BCUT2D eigenvalue weighted by molar-refractivity contribution is 6.39. The Bertz CT molecular complexity index is 1930. The van der Waals surface area contributed by atoms with Crippen molar-refractivity contribution in [2.24, 2.45) is 7.05 Å².